The molecule has 2 fully saturated rings. The minimum Gasteiger partial charge on any atom is -0.475 e. The van der Waals surface area contributed by atoms with E-state index in [2.05, 4.69) is 69.7 Å². The van der Waals surface area contributed by atoms with Gasteiger partial charge in [-0.05, 0) is 51.4 Å². The van der Waals surface area contributed by atoms with Gasteiger partial charge in [-0.1, -0.05) is 18.7 Å². The number of likely N-dealkylation sites (N-methyl/N-ethyl adjacent to an activating group) is 1. The molecule has 2 aromatic heterocycles. The molecule has 2 atom stereocenters. The lowest BCUT2D eigenvalue weighted by molar-refractivity contribution is -0.128. The fourth-order valence-electron chi connectivity index (χ4n) is 6.90. The Labute approximate surface area is 278 Å². The second-order valence-corrected chi connectivity index (χ2v) is 11.7. The summed E-state index contributed by atoms with van der Waals surface area (Å²) in [6.45, 7) is 9.97. The Morgan fingerprint density at radius 2 is 1.98 bits per heavy atom. The van der Waals surface area contributed by atoms with Gasteiger partial charge in [-0.15, -0.1) is 0 Å². The third-order valence-corrected chi connectivity index (χ3v) is 9.18. The van der Waals surface area contributed by atoms with Gasteiger partial charge < -0.3 is 24.3 Å². The largest absolute Gasteiger partial charge is 0.475 e. The number of fused-ring (bicyclic) bond motifs is 2. The second-order valence-electron chi connectivity index (χ2n) is 11.7. The molecule has 5 heterocycles. The molecule has 6 rings (SSSR count). The van der Waals surface area contributed by atoms with E-state index in [-0.39, 0.29) is 51.4 Å². The third-order valence-electron chi connectivity index (χ3n) is 9.18. The normalized spacial score (nSPS) is 19.6. The van der Waals surface area contributed by atoms with Gasteiger partial charge in [0.2, 0.25) is 11.8 Å². The van der Waals surface area contributed by atoms with E-state index < -0.39 is 0 Å². The van der Waals surface area contributed by atoms with Gasteiger partial charge >= 0.3 is 0 Å². The van der Waals surface area contributed by atoms with Crippen molar-refractivity contribution < 1.29 is 9.53 Å². The van der Waals surface area contributed by atoms with Crippen LogP contribution in [0.3, 0.4) is 0 Å². The van der Waals surface area contributed by atoms with E-state index in [1.807, 2.05) is 6.20 Å². The summed E-state index contributed by atoms with van der Waals surface area (Å²) in [6, 6.07) is 8.83. The minimum atomic E-state index is -0.308. The van der Waals surface area contributed by atoms with Crippen molar-refractivity contribution in [2.45, 2.75) is 51.2 Å². The number of piperazine rings is 1. The molecular formula is C32H41N9O2S2. The smallest absolute Gasteiger partial charge is 0.246 e. The number of amides is 1. The molecule has 1 aromatic carbocycles. The number of hydrogen-bond acceptors (Lipinski definition) is 9. The maximum Gasteiger partial charge on any atom is 0.246 e. The molecule has 1 N–H and O–H groups in total. The van der Waals surface area contributed by atoms with Crippen LogP contribution in [0.5, 0.6) is 5.88 Å². The first-order valence-corrected chi connectivity index (χ1v) is 14.9. The first-order valence-electron chi connectivity index (χ1n) is 14.9. The van der Waals surface area contributed by atoms with Crippen LogP contribution < -0.4 is 14.5 Å². The number of pyridine rings is 1. The summed E-state index contributed by atoms with van der Waals surface area (Å²) < 4.78 is 6.39. The molecule has 0 saturated carbocycles. The van der Waals surface area contributed by atoms with Gasteiger partial charge in [0, 0.05) is 43.2 Å². The van der Waals surface area contributed by atoms with Crippen LogP contribution in [-0.4, -0.2) is 89.4 Å². The van der Waals surface area contributed by atoms with Crippen LogP contribution in [0.15, 0.2) is 31.0 Å². The molecule has 0 spiro atoms. The van der Waals surface area contributed by atoms with Gasteiger partial charge in [0.25, 0.3) is 0 Å². The number of anilines is 2. The number of nitrogens with one attached hydrogen (secondary N) is 1. The number of nitriles is 2. The summed E-state index contributed by atoms with van der Waals surface area (Å²) in [4.78, 5) is 26.1. The molecule has 45 heavy (non-hydrogen) atoms. The third kappa shape index (κ3) is 6.43. The lowest BCUT2D eigenvalue weighted by atomic mass is 9.96. The Morgan fingerprint density at radius 3 is 2.69 bits per heavy atom. The maximum atomic E-state index is 12.6. The highest BCUT2D eigenvalue weighted by atomic mass is 32.1. The molecule has 3 aromatic rings. The predicted molar refractivity (Wildman–Crippen MR) is 185 cm³/mol. The number of nitrogens with zero attached hydrogens (tertiary/aromatic N) is 8. The molecule has 0 bridgehead atoms. The average molecular weight is 648 g/mol. The topological polar surface area (TPSA) is 128 Å². The van der Waals surface area contributed by atoms with E-state index in [0.29, 0.717) is 50.7 Å². The van der Waals surface area contributed by atoms with Crippen molar-refractivity contribution in [3.05, 3.63) is 53.4 Å². The van der Waals surface area contributed by atoms with Crippen molar-refractivity contribution in [1.82, 2.24) is 25.0 Å². The van der Waals surface area contributed by atoms with Crippen LogP contribution in [0.4, 0.5) is 11.4 Å². The monoisotopic (exact) mass is 647 g/mol. The van der Waals surface area contributed by atoms with E-state index >= 15 is 0 Å². The first-order chi connectivity index (χ1) is 20.9. The van der Waals surface area contributed by atoms with Crippen molar-refractivity contribution >= 4 is 55.2 Å². The lowest BCUT2D eigenvalue weighted by Crippen LogP contribution is -2.55. The fraction of sp³-hybridized carbons (Fsp3) is 0.469. The molecule has 3 aliphatic rings. The maximum absolute atomic E-state index is 12.6. The molecule has 0 unspecified atom stereocenters. The van der Waals surface area contributed by atoms with E-state index in [1.165, 1.54) is 6.08 Å². The number of rotatable bonds is 7. The average Bonchev–Trinajstić information content (AvgIpc) is 3.67. The number of aromatic nitrogens is 3. The number of hydrogen-bond donors (Lipinski definition) is 1. The van der Waals surface area contributed by atoms with E-state index in [1.54, 1.807) is 4.90 Å². The zero-order valence-corrected chi connectivity index (χ0v) is 27.8. The van der Waals surface area contributed by atoms with Gasteiger partial charge in [0.05, 0.1) is 53.9 Å². The number of aryl methyl sites for hydroxylation is 1. The fourth-order valence-corrected chi connectivity index (χ4v) is 6.90. The van der Waals surface area contributed by atoms with Crippen LogP contribution in [-0.2, 0) is 17.8 Å². The van der Waals surface area contributed by atoms with E-state index in [9.17, 15) is 15.3 Å². The quantitative estimate of drug-likeness (QED) is 0.383. The molecule has 3 aliphatic heterocycles. The standard InChI is InChI=1S/C32H37N9O2.2H2S/c1-4-28(42)41-15-14-40(18-23(41)9-11-33)31-25-10-13-39(30-21(2)7-8-22-17-35-37-29(22)30)19-27(25)36-32(26(31)16-34)43-20-24-6-5-12-38(24)3;;/h4,7-8,17,23-24H,1,5-6,9-10,12-15,18-20H2,2-3H3,(H,35,37);2*1H2/t23-,24-;;/m0../s1. The van der Waals surface area contributed by atoms with Crippen molar-refractivity contribution in [3.8, 4) is 18.0 Å². The van der Waals surface area contributed by atoms with Gasteiger partial charge in [-0.3, -0.25) is 9.89 Å². The Balaban J connectivity index is 0.00000230. The van der Waals surface area contributed by atoms with Gasteiger partial charge in [-0.2, -0.15) is 42.6 Å². The van der Waals surface area contributed by atoms with Gasteiger partial charge in [0.1, 0.15) is 18.2 Å². The Hall–Kier alpha value is -3.91. The highest BCUT2D eigenvalue weighted by Crippen LogP contribution is 2.40. The van der Waals surface area contributed by atoms with Crippen molar-refractivity contribution in [2.75, 3.05) is 56.2 Å². The number of aromatic amines is 1. The number of carbonyl (C=O) groups is 1. The number of likely N-dealkylation sites (tertiary alicyclic amines) is 1. The molecule has 11 nitrogen and oxygen atoms in total. The summed E-state index contributed by atoms with van der Waals surface area (Å²) in [5, 5.41) is 28.6. The predicted octanol–water partition coefficient (Wildman–Crippen LogP) is 3.52. The lowest BCUT2D eigenvalue weighted by Gasteiger charge is -2.43. The Kier molecular flexibility index (Phi) is 10.9. The Bertz CT molecular complexity index is 1650. The molecule has 1 amide bonds. The number of ether oxygens (including phenoxy) is 1. The van der Waals surface area contributed by atoms with Gasteiger partial charge in [-0.25, -0.2) is 4.98 Å². The molecule has 2 saturated heterocycles. The highest BCUT2D eigenvalue weighted by molar-refractivity contribution is 7.59. The van der Waals surface area contributed by atoms with Crippen LogP contribution in [0.1, 0.15) is 41.6 Å². The van der Waals surface area contributed by atoms with Crippen LogP contribution in [0.25, 0.3) is 10.9 Å². The van der Waals surface area contributed by atoms with Crippen LogP contribution >= 0.6 is 27.0 Å². The highest BCUT2D eigenvalue weighted by Gasteiger charge is 2.35. The van der Waals surface area contributed by atoms with E-state index in [4.69, 9.17) is 9.72 Å². The van der Waals surface area contributed by atoms with E-state index in [0.717, 1.165) is 65.0 Å². The summed E-state index contributed by atoms with van der Waals surface area (Å²) in [5.74, 6) is 0.178. The molecule has 238 valence electrons. The first kappa shape index (κ1) is 34.0. The molecular weight excluding hydrogens is 607 g/mol. The number of H-pyrrole nitrogens is 1. The molecule has 0 aliphatic carbocycles. The minimum absolute atomic E-state index is 0. The second kappa shape index (κ2) is 14.5. The zero-order chi connectivity index (χ0) is 30.1. The van der Waals surface area contributed by atoms with Crippen molar-refractivity contribution in [1.29, 1.82) is 10.5 Å². The zero-order valence-electron chi connectivity index (χ0n) is 25.8. The van der Waals surface area contributed by atoms with Crippen LogP contribution in [0.2, 0.25) is 0 Å². The summed E-state index contributed by atoms with van der Waals surface area (Å²) in [7, 11) is 2.10. The molecule has 0 radical (unpaired) electrons. The van der Waals surface area contributed by atoms with Crippen molar-refractivity contribution in [3.63, 3.8) is 0 Å². The van der Waals surface area contributed by atoms with Gasteiger partial charge in [0.15, 0.2) is 0 Å². The number of carbonyl (C=O) groups excluding carboxylic acids is 1. The SMILES string of the molecule is C=CC(=O)N1CCN(c2c(C#N)c(OC[C@@H]3CCCN3C)nc3c2CCN(c2c(C)ccc4cn[nH]c24)C3)C[C@@H]1CC#N.S.S. The molecule has 13 heteroatoms. The summed E-state index contributed by atoms with van der Waals surface area (Å²) in [5.41, 5.74) is 6.43. The van der Waals surface area contributed by atoms with Crippen LogP contribution in [0, 0.1) is 29.6 Å². The van der Waals surface area contributed by atoms with Crippen molar-refractivity contribution in [2.24, 2.45) is 0 Å². The number of benzene rings is 1. The summed E-state index contributed by atoms with van der Waals surface area (Å²) >= 11 is 0. The Morgan fingerprint density at radius 1 is 1.16 bits per heavy atom. The summed E-state index contributed by atoms with van der Waals surface area (Å²) in [6.07, 6.45) is 6.21.